The van der Waals surface area contributed by atoms with Gasteiger partial charge in [0.2, 0.25) is 11.8 Å². The quantitative estimate of drug-likeness (QED) is 0.649. The van der Waals surface area contributed by atoms with Crippen LogP contribution in [0.15, 0.2) is 18.2 Å². The predicted molar refractivity (Wildman–Crippen MR) is 78.6 cm³/mol. The van der Waals surface area contributed by atoms with Gasteiger partial charge in [0.05, 0.1) is 0 Å². The molecule has 132 valence electrons. The average molecular weight is 346 g/mol. The van der Waals surface area contributed by atoms with E-state index in [2.05, 4.69) is 5.32 Å². The van der Waals surface area contributed by atoms with Crippen molar-refractivity contribution in [3.8, 4) is 0 Å². The van der Waals surface area contributed by atoms with Gasteiger partial charge in [0.25, 0.3) is 0 Å². The van der Waals surface area contributed by atoms with Gasteiger partial charge in [-0.1, -0.05) is 6.07 Å². The number of piperidine rings is 1. The predicted octanol–water partition coefficient (Wildman–Crippen LogP) is 2.25. The summed E-state index contributed by atoms with van der Waals surface area (Å²) in [5, 5.41) is 4.40. The number of nitrogens with one attached hydrogen (secondary N) is 2. The molecule has 1 aromatic carbocycles. The molecule has 4 nitrogen and oxygen atoms in total. The molecule has 2 atom stereocenters. The third-order valence-corrected chi connectivity index (χ3v) is 4.09. The second-order valence-corrected chi connectivity index (χ2v) is 5.84. The Hall–Kier alpha value is -2.12. The topological polar surface area (TPSA) is 58.2 Å². The zero-order chi connectivity index (χ0) is 17.9. The van der Waals surface area contributed by atoms with Gasteiger partial charge >= 0.3 is 6.18 Å². The fourth-order valence-electron chi connectivity index (χ4n) is 2.69. The number of carbonyl (C=O) groups is 2. The summed E-state index contributed by atoms with van der Waals surface area (Å²) in [6.07, 6.45) is -4.52. The normalized spacial score (nSPS) is 21.3. The minimum Gasteiger partial charge on any atom is -0.355 e. The highest BCUT2D eigenvalue weighted by molar-refractivity contribution is 6.00. The Bertz CT molecular complexity index is 631. The molecule has 0 radical (unpaired) electrons. The zero-order valence-electron chi connectivity index (χ0n) is 13.0. The molecular weight excluding hydrogens is 328 g/mol. The van der Waals surface area contributed by atoms with Crippen LogP contribution < -0.4 is 10.6 Å². The Kier molecular flexibility index (Phi) is 5.46. The Morgan fingerprint density at radius 1 is 1.33 bits per heavy atom. The van der Waals surface area contributed by atoms with Crippen LogP contribution >= 0.6 is 0 Å². The number of benzene rings is 1. The molecule has 1 heterocycles. The molecule has 1 fully saturated rings. The summed E-state index contributed by atoms with van der Waals surface area (Å²) in [5.41, 5.74) is 1.59. The zero-order valence-corrected chi connectivity index (χ0v) is 13.0. The van der Waals surface area contributed by atoms with Crippen molar-refractivity contribution in [1.82, 2.24) is 10.6 Å². The van der Waals surface area contributed by atoms with Crippen LogP contribution in [0.25, 0.3) is 0 Å². The summed E-state index contributed by atoms with van der Waals surface area (Å²) in [4.78, 5) is 23.7. The number of hydrogen-bond donors (Lipinski definition) is 2. The highest BCUT2D eigenvalue weighted by Crippen LogP contribution is 2.28. The van der Waals surface area contributed by atoms with Crippen LogP contribution in [0.5, 0.6) is 0 Å². The van der Waals surface area contributed by atoms with Crippen LogP contribution in [0, 0.1) is 18.7 Å². The summed E-state index contributed by atoms with van der Waals surface area (Å²) in [6, 6.07) is 2.41. The lowest BCUT2D eigenvalue weighted by Gasteiger charge is -2.29. The number of aryl methyl sites for hydroxylation is 1. The van der Waals surface area contributed by atoms with Crippen LogP contribution in [0.4, 0.5) is 17.6 Å². The van der Waals surface area contributed by atoms with E-state index >= 15 is 0 Å². The molecule has 0 aliphatic carbocycles. The summed E-state index contributed by atoms with van der Waals surface area (Å²) in [6.45, 7) is 1.96. The van der Waals surface area contributed by atoms with E-state index in [0.717, 1.165) is 11.1 Å². The molecule has 0 bridgehead atoms. The van der Waals surface area contributed by atoms with Crippen molar-refractivity contribution in [1.29, 1.82) is 0 Å². The molecule has 2 unspecified atom stereocenters. The van der Waals surface area contributed by atoms with E-state index in [4.69, 9.17) is 0 Å². The standard InChI is InChI=1S/C16H18F4N2O2/c1-9-8-11(17)3-2-10(9)6-7-21-14(23)12-4-5-13(16(18,19)20)22-15(12)24/h2-3,8,12-13H,4-7H2,1H3,(H,21,23)(H,22,24). The second-order valence-electron chi connectivity index (χ2n) is 5.84. The first-order valence-corrected chi connectivity index (χ1v) is 7.58. The molecule has 2 amide bonds. The molecule has 1 saturated heterocycles. The second kappa shape index (κ2) is 7.19. The number of hydrogen-bond acceptors (Lipinski definition) is 2. The Morgan fingerprint density at radius 2 is 2.04 bits per heavy atom. The molecule has 2 N–H and O–H groups in total. The Morgan fingerprint density at radius 3 is 2.62 bits per heavy atom. The largest absolute Gasteiger partial charge is 0.408 e. The third kappa shape index (κ3) is 4.46. The van der Waals surface area contributed by atoms with Crippen molar-refractivity contribution < 1.29 is 27.2 Å². The van der Waals surface area contributed by atoms with E-state index < -0.39 is 30.0 Å². The lowest BCUT2D eigenvalue weighted by atomic mass is 9.92. The van der Waals surface area contributed by atoms with Crippen molar-refractivity contribution in [2.75, 3.05) is 6.54 Å². The van der Waals surface area contributed by atoms with Gasteiger partial charge in [-0.15, -0.1) is 0 Å². The molecular formula is C16H18F4N2O2. The maximum atomic E-state index is 13.0. The van der Waals surface area contributed by atoms with Crippen molar-refractivity contribution in [2.24, 2.45) is 5.92 Å². The first-order valence-electron chi connectivity index (χ1n) is 7.58. The molecule has 0 saturated carbocycles. The van der Waals surface area contributed by atoms with Gasteiger partial charge in [0.15, 0.2) is 0 Å². The van der Waals surface area contributed by atoms with E-state index in [1.807, 2.05) is 5.32 Å². The van der Waals surface area contributed by atoms with Crippen molar-refractivity contribution in [3.05, 3.63) is 35.1 Å². The Labute approximate surface area is 136 Å². The number of amides is 2. The SMILES string of the molecule is Cc1cc(F)ccc1CCNC(=O)C1CCC(C(F)(F)F)NC1=O. The summed E-state index contributed by atoms with van der Waals surface area (Å²) in [5.74, 6) is -2.96. The first kappa shape index (κ1) is 18.2. The maximum Gasteiger partial charge on any atom is 0.408 e. The van der Waals surface area contributed by atoms with Gasteiger partial charge in [0.1, 0.15) is 17.8 Å². The average Bonchev–Trinajstić information content (AvgIpc) is 2.48. The van der Waals surface area contributed by atoms with Gasteiger partial charge in [0, 0.05) is 6.54 Å². The highest BCUT2D eigenvalue weighted by atomic mass is 19.4. The minimum absolute atomic E-state index is 0.141. The number of halogens is 4. The Balaban J connectivity index is 1.84. The number of alkyl halides is 3. The van der Waals surface area contributed by atoms with Crippen LogP contribution in [0.2, 0.25) is 0 Å². The fourth-order valence-corrected chi connectivity index (χ4v) is 2.69. The first-order chi connectivity index (χ1) is 11.2. The van der Waals surface area contributed by atoms with E-state index in [9.17, 15) is 27.2 Å². The van der Waals surface area contributed by atoms with Crippen molar-refractivity contribution in [3.63, 3.8) is 0 Å². The number of rotatable bonds is 4. The molecule has 8 heteroatoms. The highest BCUT2D eigenvalue weighted by Gasteiger charge is 2.45. The summed E-state index contributed by atoms with van der Waals surface area (Å²) < 4.78 is 50.7. The molecule has 1 aromatic rings. The summed E-state index contributed by atoms with van der Waals surface area (Å²) in [7, 11) is 0. The molecule has 2 rings (SSSR count). The minimum atomic E-state index is -4.50. The van der Waals surface area contributed by atoms with E-state index in [0.29, 0.717) is 6.42 Å². The van der Waals surface area contributed by atoms with Gasteiger partial charge in [-0.05, 0) is 49.4 Å². The number of carbonyl (C=O) groups excluding carboxylic acids is 2. The molecule has 0 spiro atoms. The van der Waals surface area contributed by atoms with Gasteiger partial charge in [-0.25, -0.2) is 4.39 Å². The monoisotopic (exact) mass is 346 g/mol. The van der Waals surface area contributed by atoms with Gasteiger partial charge < -0.3 is 10.6 Å². The van der Waals surface area contributed by atoms with E-state index in [1.165, 1.54) is 12.1 Å². The lowest BCUT2D eigenvalue weighted by Crippen LogP contribution is -2.54. The van der Waals surface area contributed by atoms with Gasteiger partial charge in [-0.3, -0.25) is 9.59 Å². The maximum absolute atomic E-state index is 13.0. The lowest BCUT2D eigenvalue weighted by molar-refractivity contribution is -0.171. The van der Waals surface area contributed by atoms with E-state index in [1.54, 1.807) is 13.0 Å². The molecule has 1 aliphatic rings. The van der Waals surface area contributed by atoms with Crippen LogP contribution in [-0.2, 0) is 16.0 Å². The third-order valence-electron chi connectivity index (χ3n) is 4.09. The smallest absolute Gasteiger partial charge is 0.355 e. The fraction of sp³-hybridized carbons (Fsp3) is 0.500. The van der Waals surface area contributed by atoms with Crippen molar-refractivity contribution in [2.45, 2.75) is 38.4 Å². The molecule has 1 aliphatic heterocycles. The van der Waals surface area contributed by atoms with Crippen molar-refractivity contribution >= 4 is 11.8 Å². The molecule has 24 heavy (non-hydrogen) atoms. The molecule has 0 aromatic heterocycles. The van der Waals surface area contributed by atoms with E-state index in [-0.39, 0.29) is 25.2 Å². The van der Waals surface area contributed by atoms with Crippen LogP contribution in [0.3, 0.4) is 0 Å². The van der Waals surface area contributed by atoms with Gasteiger partial charge in [-0.2, -0.15) is 13.2 Å². The summed E-state index contributed by atoms with van der Waals surface area (Å²) >= 11 is 0. The van der Waals surface area contributed by atoms with Crippen LogP contribution in [0.1, 0.15) is 24.0 Å². The van der Waals surface area contributed by atoms with Crippen LogP contribution in [-0.4, -0.2) is 30.6 Å².